The van der Waals surface area contributed by atoms with Gasteiger partial charge in [-0.15, -0.1) is 0 Å². The number of unbranched alkanes of at least 4 members (excludes halogenated alkanes) is 1. The minimum atomic E-state index is -0.0987. The van der Waals surface area contributed by atoms with Crippen LogP contribution in [0.5, 0.6) is 0 Å². The van der Waals surface area contributed by atoms with E-state index >= 15 is 0 Å². The van der Waals surface area contributed by atoms with E-state index < -0.39 is 0 Å². The van der Waals surface area contributed by atoms with Gasteiger partial charge in [0.25, 0.3) is 5.91 Å². The zero-order valence-electron chi connectivity index (χ0n) is 10.2. The van der Waals surface area contributed by atoms with E-state index in [0.29, 0.717) is 18.5 Å². The number of hydrogen-bond donors (Lipinski definition) is 3. The van der Waals surface area contributed by atoms with Crippen LogP contribution in [0.25, 0.3) is 10.9 Å². The van der Waals surface area contributed by atoms with Gasteiger partial charge in [-0.25, -0.2) is 0 Å². The standard InChI is InChI=1S/C13H14Br2N2O2/c14-10-5-8-9(7-17-12(8)6-11(10)15)13(19)16-3-1-2-4-18/h5-7,17-18H,1-4H2,(H,16,19). The van der Waals surface area contributed by atoms with Crippen molar-refractivity contribution in [2.75, 3.05) is 13.2 Å². The number of rotatable bonds is 5. The highest BCUT2D eigenvalue weighted by Crippen LogP contribution is 2.29. The Balaban J connectivity index is 2.16. The number of nitrogens with one attached hydrogen (secondary N) is 2. The van der Waals surface area contributed by atoms with Gasteiger partial charge < -0.3 is 15.4 Å². The Bertz CT molecular complexity index is 596. The quantitative estimate of drug-likeness (QED) is 0.687. The van der Waals surface area contributed by atoms with E-state index in [4.69, 9.17) is 5.11 Å². The molecule has 1 heterocycles. The minimum Gasteiger partial charge on any atom is -0.396 e. The van der Waals surface area contributed by atoms with Gasteiger partial charge in [0, 0.05) is 39.2 Å². The van der Waals surface area contributed by atoms with E-state index in [2.05, 4.69) is 42.2 Å². The zero-order chi connectivity index (χ0) is 13.8. The van der Waals surface area contributed by atoms with Crippen LogP contribution in [-0.4, -0.2) is 29.1 Å². The van der Waals surface area contributed by atoms with Crippen molar-refractivity contribution in [1.82, 2.24) is 10.3 Å². The van der Waals surface area contributed by atoms with Crippen molar-refractivity contribution in [2.24, 2.45) is 0 Å². The van der Waals surface area contributed by atoms with Crippen molar-refractivity contribution in [3.05, 3.63) is 32.8 Å². The number of H-pyrrole nitrogens is 1. The summed E-state index contributed by atoms with van der Waals surface area (Å²) >= 11 is 6.87. The molecule has 0 saturated carbocycles. The first-order chi connectivity index (χ1) is 9.13. The molecule has 0 aliphatic heterocycles. The third kappa shape index (κ3) is 3.38. The molecule has 0 saturated heterocycles. The lowest BCUT2D eigenvalue weighted by Crippen LogP contribution is -2.24. The summed E-state index contributed by atoms with van der Waals surface area (Å²) in [5.41, 5.74) is 1.54. The minimum absolute atomic E-state index is 0.0987. The van der Waals surface area contributed by atoms with E-state index in [0.717, 1.165) is 26.3 Å². The molecule has 19 heavy (non-hydrogen) atoms. The van der Waals surface area contributed by atoms with Gasteiger partial charge in [-0.1, -0.05) is 0 Å². The summed E-state index contributed by atoms with van der Waals surface area (Å²) in [7, 11) is 0. The van der Waals surface area contributed by atoms with Crippen LogP contribution >= 0.6 is 31.9 Å². The number of carbonyl (C=O) groups is 1. The van der Waals surface area contributed by atoms with Gasteiger partial charge in [0.15, 0.2) is 0 Å². The number of aromatic amines is 1. The number of aromatic nitrogens is 1. The van der Waals surface area contributed by atoms with Gasteiger partial charge in [0.2, 0.25) is 0 Å². The SMILES string of the molecule is O=C(NCCCCO)c1c[nH]c2cc(Br)c(Br)cc12. The molecule has 2 aromatic rings. The van der Waals surface area contributed by atoms with Gasteiger partial charge in [-0.3, -0.25) is 4.79 Å². The highest BCUT2D eigenvalue weighted by Gasteiger charge is 2.12. The molecule has 0 spiro atoms. The molecule has 1 aromatic carbocycles. The number of amides is 1. The molecule has 102 valence electrons. The Morgan fingerprint density at radius 2 is 2.00 bits per heavy atom. The van der Waals surface area contributed by atoms with Crippen molar-refractivity contribution in [3.63, 3.8) is 0 Å². The van der Waals surface area contributed by atoms with Crippen molar-refractivity contribution >= 4 is 48.7 Å². The second-order valence-electron chi connectivity index (χ2n) is 4.20. The fourth-order valence-corrected chi connectivity index (χ4v) is 2.53. The monoisotopic (exact) mass is 388 g/mol. The maximum absolute atomic E-state index is 12.1. The summed E-state index contributed by atoms with van der Waals surface area (Å²) < 4.78 is 1.85. The molecule has 0 bridgehead atoms. The summed E-state index contributed by atoms with van der Waals surface area (Å²) in [6.45, 7) is 0.730. The largest absolute Gasteiger partial charge is 0.396 e. The van der Waals surface area contributed by atoms with Gasteiger partial charge >= 0.3 is 0 Å². The fourth-order valence-electron chi connectivity index (χ4n) is 1.84. The first-order valence-electron chi connectivity index (χ1n) is 5.98. The van der Waals surface area contributed by atoms with Crippen LogP contribution in [0.4, 0.5) is 0 Å². The average molecular weight is 390 g/mol. The number of halogens is 2. The van der Waals surface area contributed by atoms with E-state index in [-0.39, 0.29) is 12.5 Å². The predicted octanol–water partition coefficient (Wildman–Crippen LogP) is 3.20. The molecule has 3 N–H and O–H groups in total. The van der Waals surface area contributed by atoms with Crippen molar-refractivity contribution in [2.45, 2.75) is 12.8 Å². The molecular weight excluding hydrogens is 376 g/mol. The van der Waals surface area contributed by atoms with Crippen LogP contribution in [-0.2, 0) is 0 Å². The summed E-state index contributed by atoms with van der Waals surface area (Å²) in [5, 5.41) is 12.4. The molecule has 0 unspecified atom stereocenters. The van der Waals surface area contributed by atoms with E-state index in [1.807, 2.05) is 12.1 Å². The second-order valence-corrected chi connectivity index (χ2v) is 5.91. The topological polar surface area (TPSA) is 65.1 Å². The lowest BCUT2D eigenvalue weighted by atomic mass is 10.1. The summed E-state index contributed by atoms with van der Waals surface area (Å²) in [4.78, 5) is 15.1. The molecule has 4 nitrogen and oxygen atoms in total. The smallest absolute Gasteiger partial charge is 0.253 e. The molecule has 2 rings (SSSR count). The molecular formula is C13H14Br2N2O2. The first-order valence-corrected chi connectivity index (χ1v) is 7.57. The van der Waals surface area contributed by atoms with Gasteiger partial charge in [-0.05, 0) is 56.8 Å². The number of benzene rings is 1. The predicted molar refractivity (Wildman–Crippen MR) is 82.4 cm³/mol. The molecule has 1 amide bonds. The highest BCUT2D eigenvalue weighted by atomic mass is 79.9. The van der Waals surface area contributed by atoms with Crippen LogP contribution in [0.1, 0.15) is 23.2 Å². The number of carbonyl (C=O) groups excluding carboxylic acids is 1. The molecule has 0 atom stereocenters. The third-order valence-electron chi connectivity index (χ3n) is 2.84. The summed E-state index contributed by atoms with van der Waals surface area (Å²) in [6, 6.07) is 3.85. The average Bonchev–Trinajstić information content (AvgIpc) is 2.78. The Morgan fingerprint density at radius 3 is 2.74 bits per heavy atom. The first kappa shape index (κ1) is 14.6. The molecule has 0 fully saturated rings. The van der Waals surface area contributed by atoms with Crippen molar-refractivity contribution in [1.29, 1.82) is 0 Å². The Labute approximate surface area is 127 Å². The lowest BCUT2D eigenvalue weighted by Gasteiger charge is -2.04. The Morgan fingerprint density at radius 1 is 1.26 bits per heavy atom. The van der Waals surface area contributed by atoms with Crippen LogP contribution in [0.15, 0.2) is 27.3 Å². The van der Waals surface area contributed by atoms with Gasteiger partial charge in [0.1, 0.15) is 0 Å². The van der Waals surface area contributed by atoms with Crippen LogP contribution < -0.4 is 5.32 Å². The maximum atomic E-state index is 12.1. The van der Waals surface area contributed by atoms with Gasteiger partial charge in [-0.2, -0.15) is 0 Å². The molecule has 0 radical (unpaired) electrons. The van der Waals surface area contributed by atoms with Crippen molar-refractivity contribution in [3.8, 4) is 0 Å². The molecule has 0 aliphatic carbocycles. The number of fused-ring (bicyclic) bond motifs is 1. The van der Waals surface area contributed by atoms with Crippen molar-refractivity contribution < 1.29 is 9.90 Å². The van der Waals surface area contributed by atoms with Gasteiger partial charge in [0.05, 0.1) is 5.56 Å². The Hall–Kier alpha value is -0.850. The normalized spacial score (nSPS) is 10.9. The van der Waals surface area contributed by atoms with E-state index in [9.17, 15) is 4.79 Å². The Kier molecular flexibility index (Phi) is 5.01. The summed E-state index contributed by atoms with van der Waals surface area (Å²) in [5.74, 6) is -0.0987. The fraction of sp³-hybridized carbons (Fsp3) is 0.308. The van der Waals surface area contributed by atoms with Crippen LogP contribution in [0.2, 0.25) is 0 Å². The lowest BCUT2D eigenvalue weighted by molar-refractivity contribution is 0.0954. The van der Waals surface area contributed by atoms with E-state index in [1.54, 1.807) is 6.20 Å². The molecule has 6 heteroatoms. The van der Waals surface area contributed by atoms with Crippen LogP contribution in [0, 0.1) is 0 Å². The summed E-state index contributed by atoms with van der Waals surface area (Å²) in [6.07, 6.45) is 3.19. The number of aliphatic hydroxyl groups is 1. The number of aliphatic hydroxyl groups excluding tert-OH is 1. The highest BCUT2D eigenvalue weighted by molar-refractivity contribution is 9.13. The third-order valence-corrected chi connectivity index (χ3v) is 4.68. The zero-order valence-corrected chi connectivity index (χ0v) is 13.3. The van der Waals surface area contributed by atoms with E-state index in [1.165, 1.54) is 0 Å². The number of hydrogen-bond acceptors (Lipinski definition) is 2. The molecule has 1 aromatic heterocycles. The molecule has 0 aliphatic rings. The maximum Gasteiger partial charge on any atom is 0.253 e. The van der Waals surface area contributed by atoms with Crippen LogP contribution in [0.3, 0.4) is 0 Å². The second kappa shape index (κ2) is 6.54.